The van der Waals surface area contributed by atoms with Gasteiger partial charge in [-0.15, -0.1) is 0 Å². The fourth-order valence-electron chi connectivity index (χ4n) is 1.74. The number of hydrogen-bond donors (Lipinski definition) is 1. The molecule has 2 aromatic carbocycles. The van der Waals surface area contributed by atoms with Gasteiger partial charge >= 0.3 is 0 Å². The highest BCUT2D eigenvalue weighted by Gasteiger charge is 2.09. The van der Waals surface area contributed by atoms with Crippen molar-refractivity contribution >= 4 is 33.2 Å². The lowest BCUT2D eigenvalue weighted by molar-refractivity contribution is 0.199. The Morgan fingerprint density at radius 1 is 1.14 bits per heavy atom. The van der Waals surface area contributed by atoms with Crippen LogP contribution in [0.15, 0.2) is 57.2 Å². The molecule has 0 aliphatic rings. The predicted molar refractivity (Wildman–Crippen MR) is 85.8 cm³/mol. The third kappa shape index (κ3) is 4.23. The lowest BCUT2D eigenvalue weighted by Crippen LogP contribution is -1.96. The molecule has 0 heterocycles. The minimum Gasteiger partial charge on any atom is -0.389 e. The van der Waals surface area contributed by atoms with Crippen molar-refractivity contribution in [3.63, 3.8) is 0 Å². The van der Waals surface area contributed by atoms with E-state index in [2.05, 4.69) is 0 Å². The summed E-state index contributed by atoms with van der Waals surface area (Å²) in [6.45, 7) is 1.68. The Morgan fingerprint density at radius 2 is 1.76 bits per heavy atom. The van der Waals surface area contributed by atoms with Gasteiger partial charge in [0.2, 0.25) is 0 Å². The van der Waals surface area contributed by atoms with Crippen LogP contribution in [-0.2, 0) is 9.84 Å². The summed E-state index contributed by atoms with van der Waals surface area (Å²) in [6, 6.07) is 12.1. The van der Waals surface area contributed by atoms with E-state index in [0.717, 1.165) is 15.4 Å². The van der Waals surface area contributed by atoms with Gasteiger partial charge in [-0.25, -0.2) is 8.42 Å². The van der Waals surface area contributed by atoms with Gasteiger partial charge in [-0.2, -0.15) is 0 Å². The number of halogens is 1. The van der Waals surface area contributed by atoms with E-state index in [0.29, 0.717) is 9.92 Å². The van der Waals surface area contributed by atoms with Gasteiger partial charge in [-0.1, -0.05) is 29.4 Å². The van der Waals surface area contributed by atoms with Gasteiger partial charge in [0.15, 0.2) is 9.84 Å². The summed E-state index contributed by atoms with van der Waals surface area (Å²) in [6.07, 6.45) is 0.622. The summed E-state index contributed by atoms with van der Waals surface area (Å²) in [5.74, 6) is 0. The zero-order valence-electron chi connectivity index (χ0n) is 11.6. The van der Waals surface area contributed by atoms with Crippen molar-refractivity contribution in [2.45, 2.75) is 27.7 Å². The summed E-state index contributed by atoms with van der Waals surface area (Å²) < 4.78 is 22.8. The summed E-state index contributed by atoms with van der Waals surface area (Å²) in [5, 5.41) is 10.1. The lowest BCUT2D eigenvalue weighted by atomic mass is 10.1. The van der Waals surface area contributed by atoms with Gasteiger partial charge in [-0.3, -0.25) is 0 Å². The minimum atomic E-state index is -3.18. The standard InChI is InChI=1S/C15H15ClO3S2/c1-10(17)11-3-8-15(14(16)9-11)20-12-4-6-13(7-5-12)21(2,18)19/h3-10,17H,1-2H3/t10-/m0/s1. The Kier molecular flexibility index (Phi) is 4.99. The highest BCUT2D eigenvalue weighted by Crippen LogP contribution is 2.35. The summed E-state index contributed by atoms with van der Waals surface area (Å²) in [4.78, 5) is 2.05. The first kappa shape index (κ1) is 16.4. The van der Waals surface area contributed by atoms with Crippen molar-refractivity contribution < 1.29 is 13.5 Å². The van der Waals surface area contributed by atoms with E-state index in [4.69, 9.17) is 11.6 Å². The van der Waals surface area contributed by atoms with E-state index in [1.165, 1.54) is 18.0 Å². The molecule has 1 atom stereocenters. The molecule has 0 aromatic heterocycles. The molecule has 0 spiro atoms. The predicted octanol–water partition coefficient (Wildman–Crippen LogP) is 3.95. The summed E-state index contributed by atoms with van der Waals surface area (Å²) in [5.41, 5.74) is 0.761. The van der Waals surface area contributed by atoms with Crippen LogP contribution < -0.4 is 0 Å². The van der Waals surface area contributed by atoms with Gasteiger partial charge in [0.05, 0.1) is 16.0 Å². The second-order valence-electron chi connectivity index (χ2n) is 4.71. The number of aliphatic hydroxyl groups is 1. The van der Waals surface area contributed by atoms with Crippen molar-refractivity contribution in [2.24, 2.45) is 0 Å². The van der Waals surface area contributed by atoms with E-state index < -0.39 is 15.9 Å². The van der Waals surface area contributed by atoms with Crippen molar-refractivity contribution in [2.75, 3.05) is 6.26 Å². The Morgan fingerprint density at radius 3 is 2.24 bits per heavy atom. The van der Waals surface area contributed by atoms with Crippen molar-refractivity contribution in [1.29, 1.82) is 0 Å². The lowest BCUT2D eigenvalue weighted by Gasteiger charge is -2.09. The molecule has 0 radical (unpaired) electrons. The summed E-state index contributed by atoms with van der Waals surface area (Å²) in [7, 11) is -3.18. The van der Waals surface area contributed by atoms with Crippen molar-refractivity contribution in [3.05, 3.63) is 53.1 Å². The van der Waals surface area contributed by atoms with Crippen molar-refractivity contribution in [3.8, 4) is 0 Å². The zero-order valence-corrected chi connectivity index (χ0v) is 14.0. The topological polar surface area (TPSA) is 54.4 Å². The maximum absolute atomic E-state index is 11.4. The fourth-order valence-corrected chi connectivity index (χ4v) is 3.50. The molecule has 0 aliphatic heterocycles. The van der Waals surface area contributed by atoms with Crippen LogP contribution in [0.25, 0.3) is 0 Å². The Bertz CT molecular complexity index is 738. The molecule has 0 fully saturated rings. The van der Waals surface area contributed by atoms with E-state index >= 15 is 0 Å². The third-order valence-corrected chi connectivity index (χ3v) is 5.56. The van der Waals surface area contributed by atoms with Crippen LogP contribution in [0, 0.1) is 0 Å². The van der Waals surface area contributed by atoms with Crippen LogP contribution in [0.5, 0.6) is 0 Å². The molecule has 0 saturated heterocycles. The van der Waals surface area contributed by atoms with E-state index in [-0.39, 0.29) is 0 Å². The molecule has 0 unspecified atom stereocenters. The fraction of sp³-hybridized carbons (Fsp3) is 0.200. The second-order valence-corrected chi connectivity index (χ2v) is 8.25. The highest BCUT2D eigenvalue weighted by atomic mass is 35.5. The average Bonchev–Trinajstić information content (AvgIpc) is 2.40. The van der Waals surface area contributed by atoms with E-state index in [1.54, 1.807) is 37.3 Å². The smallest absolute Gasteiger partial charge is 0.175 e. The molecule has 0 bridgehead atoms. The molecular formula is C15H15ClO3S2. The number of benzene rings is 2. The molecule has 2 rings (SSSR count). The van der Waals surface area contributed by atoms with Crippen molar-refractivity contribution in [1.82, 2.24) is 0 Å². The first-order chi connectivity index (χ1) is 9.77. The Balaban J connectivity index is 2.22. The molecule has 0 aliphatic carbocycles. The first-order valence-electron chi connectivity index (χ1n) is 6.23. The zero-order chi connectivity index (χ0) is 15.6. The van der Waals surface area contributed by atoms with Gasteiger partial charge < -0.3 is 5.11 Å². The number of rotatable bonds is 4. The monoisotopic (exact) mass is 342 g/mol. The second kappa shape index (κ2) is 6.40. The van der Waals surface area contributed by atoms with Crippen LogP contribution in [-0.4, -0.2) is 19.8 Å². The Hall–Kier alpha value is -1.01. The van der Waals surface area contributed by atoms with E-state index in [1.807, 2.05) is 12.1 Å². The van der Waals surface area contributed by atoms with Crippen LogP contribution in [0.1, 0.15) is 18.6 Å². The highest BCUT2D eigenvalue weighted by molar-refractivity contribution is 7.99. The first-order valence-corrected chi connectivity index (χ1v) is 9.31. The molecule has 2 aromatic rings. The number of aliphatic hydroxyl groups excluding tert-OH is 1. The van der Waals surface area contributed by atoms with Crippen LogP contribution in [0.2, 0.25) is 5.02 Å². The average molecular weight is 343 g/mol. The number of sulfone groups is 1. The molecule has 3 nitrogen and oxygen atoms in total. The van der Waals surface area contributed by atoms with Crippen LogP contribution >= 0.6 is 23.4 Å². The summed E-state index contributed by atoms with van der Waals surface area (Å²) >= 11 is 7.64. The molecule has 0 saturated carbocycles. The maximum Gasteiger partial charge on any atom is 0.175 e. The molecule has 112 valence electrons. The van der Waals surface area contributed by atoms with Gasteiger partial charge in [0.25, 0.3) is 0 Å². The molecular weight excluding hydrogens is 328 g/mol. The van der Waals surface area contributed by atoms with Gasteiger partial charge in [0.1, 0.15) is 0 Å². The van der Waals surface area contributed by atoms with Gasteiger partial charge in [-0.05, 0) is 48.9 Å². The Labute approximate surface area is 133 Å². The molecule has 0 amide bonds. The van der Waals surface area contributed by atoms with E-state index in [9.17, 15) is 13.5 Å². The normalized spacial score (nSPS) is 13.1. The quantitative estimate of drug-likeness (QED) is 0.914. The number of hydrogen-bond acceptors (Lipinski definition) is 4. The molecule has 21 heavy (non-hydrogen) atoms. The largest absolute Gasteiger partial charge is 0.389 e. The van der Waals surface area contributed by atoms with Crippen LogP contribution in [0.4, 0.5) is 0 Å². The van der Waals surface area contributed by atoms with Gasteiger partial charge in [0, 0.05) is 16.0 Å². The molecule has 1 N–H and O–H groups in total. The van der Waals surface area contributed by atoms with Crippen LogP contribution in [0.3, 0.4) is 0 Å². The maximum atomic E-state index is 11.4. The molecule has 6 heteroatoms. The minimum absolute atomic E-state index is 0.294. The SMILES string of the molecule is C[C@H](O)c1ccc(Sc2ccc(S(C)(=O)=O)cc2)c(Cl)c1. The third-order valence-electron chi connectivity index (χ3n) is 2.92.